The minimum atomic E-state index is -1.23. The number of carbonyl (C=O) groups excluding carboxylic acids is 4. The number of hydrogen-bond donors (Lipinski definition) is 1. The van der Waals surface area contributed by atoms with Gasteiger partial charge in [-0.1, -0.05) is 44.2 Å². The van der Waals surface area contributed by atoms with Gasteiger partial charge in [-0.15, -0.1) is 0 Å². The molecule has 10 heteroatoms. The average Bonchev–Trinajstić information content (AvgIpc) is 3.26. The first-order valence-corrected chi connectivity index (χ1v) is 15.4. The number of esters is 2. The number of cyclic esters (lactones) is 1. The summed E-state index contributed by atoms with van der Waals surface area (Å²) in [4.78, 5) is 58.8. The van der Waals surface area contributed by atoms with Gasteiger partial charge in [0.2, 0.25) is 11.6 Å². The Morgan fingerprint density at radius 3 is 2.45 bits per heavy atom. The van der Waals surface area contributed by atoms with Crippen LogP contribution in [0, 0.1) is 22.7 Å². The van der Waals surface area contributed by atoms with E-state index in [4.69, 9.17) is 14.2 Å². The number of Topliss-reactive ketones (excluding diaryl/α,β-unsaturated/α-hetero) is 2. The molecule has 2 fully saturated rings. The smallest absolute Gasteiger partial charge is 0.336 e. The number of benzene rings is 1. The first-order chi connectivity index (χ1) is 20.8. The zero-order valence-corrected chi connectivity index (χ0v) is 26.5. The molecule has 0 bridgehead atoms. The fraction of sp³-hybridized carbons (Fsp3) is 0.588. The van der Waals surface area contributed by atoms with Crippen molar-refractivity contribution in [3.8, 4) is 0 Å². The normalized spacial score (nSPS) is 34.0. The van der Waals surface area contributed by atoms with E-state index in [-0.39, 0.29) is 18.6 Å². The van der Waals surface area contributed by atoms with Gasteiger partial charge in [-0.3, -0.25) is 14.4 Å². The Morgan fingerprint density at radius 1 is 1.11 bits per heavy atom. The first-order valence-electron chi connectivity index (χ1n) is 15.4. The fourth-order valence-electron chi connectivity index (χ4n) is 8.02. The maximum atomic E-state index is 14.4. The standard InChI is InChI=1S/C34H44N2O8/c1-20(37)43-24-16-33(2)23(12-13-25(33)38)27-29(24)34(3)26(19-42-6)44-32(41)22(28(34)31(40)30(27)39)18-36(15-14-35(4)5)17-21-10-8-7-9-11-21/h7-11,18,23-26,28,38H,12-17,19H2,1-6H3/b22-18-/t23?,24-,25+,26-,28?,33+,34+/m1/s1. The van der Waals surface area contributed by atoms with E-state index in [1.165, 1.54) is 14.0 Å². The lowest BCUT2D eigenvalue weighted by Gasteiger charge is -2.56. The van der Waals surface area contributed by atoms with Crippen molar-refractivity contribution in [3.05, 3.63) is 58.8 Å². The molecule has 2 unspecified atom stereocenters. The third-order valence-electron chi connectivity index (χ3n) is 10.3. The molecule has 10 nitrogen and oxygen atoms in total. The molecule has 1 aromatic rings. The van der Waals surface area contributed by atoms with Gasteiger partial charge in [0, 0.05) is 56.3 Å². The number of likely N-dealkylation sites (N-methyl/N-ethyl adjacent to an activating group) is 1. The van der Waals surface area contributed by atoms with Crippen LogP contribution in [0.25, 0.3) is 0 Å². The van der Waals surface area contributed by atoms with Crippen molar-refractivity contribution in [1.82, 2.24) is 9.80 Å². The zero-order valence-electron chi connectivity index (χ0n) is 26.5. The van der Waals surface area contributed by atoms with Crippen LogP contribution < -0.4 is 0 Å². The molecule has 1 N–H and O–H groups in total. The predicted molar refractivity (Wildman–Crippen MR) is 161 cm³/mol. The highest BCUT2D eigenvalue weighted by atomic mass is 16.6. The Morgan fingerprint density at radius 2 is 1.82 bits per heavy atom. The van der Waals surface area contributed by atoms with Crippen LogP contribution in [-0.2, 0) is 39.9 Å². The van der Waals surface area contributed by atoms with E-state index < -0.39 is 64.5 Å². The Hall–Kier alpha value is -3.34. The molecule has 0 radical (unpaired) electrons. The van der Waals surface area contributed by atoms with Crippen LogP contribution in [0.5, 0.6) is 0 Å². The molecular weight excluding hydrogens is 564 g/mol. The Labute approximate surface area is 259 Å². The van der Waals surface area contributed by atoms with Gasteiger partial charge in [0.25, 0.3) is 0 Å². The van der Waals surface area contributed by atoms with Gasteiger partial charge in [-0.05, 0) is 50.4 Å². The molecule has 1 aliphatic heterocycles. The number of aliphatic hydroxyl groups excluding tert-OH is 1. The van der Waals surface area contributed by atoms with E-state index in [2.05, 4.69) is 0 Å². The molecule has 238 valence electrons. The third kappa shape index (κ3) is 5.41. The highest BCUT2D eigenvalue weighted by Gasteiger charge is 2.67. The molecule has 0 aromatic heterocycles. The van der Waals surface area contributed by atoms with Gasteiger partial charge in [0.1, 0.15) is 12.2 Å². The summed E-state index contributed by atoms with van der Waals surface area (Å²) in [7, 11) is 5.40. The maximum Gasteiger partial charge on any atom is 0.336 e. The molecule has 1 aromatic carbocycles. The number of ether oxygens (including phenoxy) is 3. The molecule has 1 saturated carbocycles. The van der Waals surface area contributed by atoms with Crippen LogP contribution in [0.3, 0.4) is 0 Å². The van der Waals surface area contributed by atoms with Crippen molar-refractivity contribution in [2.45, 2.75) is 64.9 Å². The van der Waals surface area contributed by atoms with E-state index in [1.807, 2.05) is 68.1 Å². The minimum absolute atomic E-state index is 0.0179. The van der Waals surface area contributed by atoms with Crippen molar-refractivity contribution >= 4 is 23.5 Å². The second-order valence-corrected chi connectivity index (χ2v) is 13.4. The summed E-state index contributed by atoms with van der Waals surface area (Å²) < 4.78 is 17.5. The average molecular weight is 609 g/mol. The predicted octanol–water partition coefficient (Wildman–Crippen LogP) is 2.69. The van der Waals surface area contributed by atoms with Crippen LogP contribution in [-0.4, -0.2) is 97.6 Å². The minimum Gasteiger partial charge on any atom is -0.458 e. The van der Waals surface area contributed by atoms with Crippen molar-refractivity contribution in [2.24, 2.45) is 22.7 Å². The molecule has 1 heterocycles. The lowest BCUT2D eigenvalue weighted by molar-refractivity contribution is -0.175. The zero-order chi connectivity index (χ0) is 32.0. The highest BCUT2D eigenvalue weighted by molar-refractivity contribution is 6.47. The quantitative estimate of drug-likeness (QED) is 0.254. The second-order valence-electron chi connectivity index (χ2n) is 13.4. The van der Waals surface area contributed by atoms with Crippen LogP contribution in [0.1, 0.15) is 45.6 Å². The molecule has 5 rings (SSSR count). The summed E-state index contributed by atoms with van der Waals surface area (Å²) >= 11 is 0. The monoisotopic (exact) mass is 608 g/mol. The van der Waals surface area contributed by atoms with E-state index in [0.29, 0.717) is 43.6 Å². The number of carbonyl (C=O) groups is 4. The number of methoxy groups -OCH3 is 1. The fourth-order valence-corrected chi connectivity index (χ4v) is 8.02. The van der Waals surface area contributed by atoms with E-state index in [0.717, 1.165) is 5.56 Å². The summed E-state index contributed by atoms with van der Waals surface area (Å²) in [5, 5.41) is 11.0. The van der Waals surface area contributed by atoms with Gasteiger partial charge in [-0.25, -0.2) is 4.79 Å². The number of aliphatic hydroxyl groups is 1. The summed E-state index contributed by atoms with van der Waals surface area (Å²) in [5.41, 5.74) is -0.0483. The topological polar surface area (TPSA) is 123 Å². The number of rotatable bonds is 9. The molecule has 7 atom stereocenters. The van der Waals surface area contributed by atoms with Crippen molar-refractivity contribution in [2.75, 3.05) is 40.9 Å². The number of hydrogen-bond acceptors (Lipinski definition) is 10. The maximum absolute atomic E-state index is 14.4. The third-order valence-corrected chi connectivity index (χ3v) is 10.3. The summed E-state index contributed by atoms with van der Waals surface area (Å²) in [6.07, 6.45) is 0.441. The molecule has 3 aliphatic carbocycles. The van der Waals surface area contributed by atoms with Crippen LogP contribution in [0.15, 0.2) is 53.3 Å². The van der Waals surface area contributed by atoms with Gasteiger partial charge < -0.3 is 29.1 Å². The summed E-state index contributed by atoms with van der Waals surface area (Å²) in [6.45, 7) is 6.71. The van der Waals surface area contributed by atoms with Crippen molar-refractivity contribution in [1.29, 1.82) is 0 Å². The SMILES string of the molecule is COC[C@H]1OC(=O)/C(=C\N(CCN(C)C)Cc2ccccc2)C2C(=O)C(=O)C3=C([C@H](OC(C)=O)C[C@@]4(C)C3CC[C@@H]4O)[C@]21C. The molecule has 1 saturated heterocycles. The highest BCUT2D eigenvalue weighted by Crippen LogP contribution is 2.63. The van der Waals surface area contributed by atoms with Crippen LogP contribution >= 0.6 is 0 Å². The lowest BCUT2D eigenvalue weighted by atomic mass is 9.50. The molecular formula is C34H44N2O8. The number of ketones is 2. The number of fused-ring (bicyclic) bond motifs is 4. The van der Waals surface area contributed by atoms with Gasteiger partial charge in [0.05, 0.1) is 24.2 Å². The second kappa shape index (κ2) is 12.2. The van der Waals surface area contributed by atoms with Gasteiger partial charge >= 0.3 is 11.9 Å². The molecule has 0 amide bonds. The van der Waals surface area contributed by atoms with Gasteiger partial charge in [-0.2, -0.15) is 0 Å². The summed E-state index contributed by atoms with van der Waals surface area (Å²) in [5.74, 6) is -4.13. The van der Waals surface area contributed by atoms with Crippen LogP contribution in [0.2, 0.25) is 0 Å². The van der Waals surface area contributed by atoms with Crippen molar-refractivity contribution in [3.63, 3.8) is 0 Å². The van der Waals surface area contributed by atoms with E-state index in [9.17, 15) is 24.3 Å². The number of allylic oxidation sites excluding steroid dienone is 1. The largest absolute Gasteiger partial charge is 0.458 e. The van der Waals surface area contributed by atoms with E-state index >= 15 is 0 Å². The molecule has 4 aliphatic rings. The van der Waals surface area contributed by atoms with E-state index in [1.54, 1.807) is 6.20 Å². The Kier molecular flexibility index (Phi) is 8.90. The summed E-state index contributed by atoms with van der Waals surface area (Å²) in [6, 6.07) is 9.80. The number of nitrogens with zero attached hydrogens (tertiary/aromatic N) is 2. The lowest BCUT2D eigenvalue weighted by Crippen LogP contribution is -2.63. The Balaban J connectivity index is 1.69. The van der Waals surface area contributed by atoms with Crippen LogP contribution in [0.4, 0.5) is 0 Å². The molecule has 0 spiro atoms. The van der Waals surface area contributed by atoms with Gasteiger partial charge in [0.15, 0.2) is 0 Å². The van der Waals surface area contributed by atoms with Crippen molar-refractivity contribution < 1.29 is 38.5 Å². The Bertz CT molecular complexity index is 1390. The molecule has 44 heavy (non-hydrogen) atoms. The first kappa shape index (κ1) is 32.1.